The first-order valence-electron chi connectivity index (χ1n) is 7.62. The van der Waals surface area contributed by atoms with Crippen LogP contribution in [0.2, 0.25) is 0 Å². The molecule has 1 atom stereocenters. The minimum Gasteiger partial charge on any atom is -0.385 e. The summed E-state index contributed by atoms with van der Waals surface area (Å²) in [6.07, 6.45) is 1.02. The number of benzene rings is 1. The average Bonchev–Trinajstić information content (AvgIpc) is 2.53. The highest BCUT2D eigenvalue weighted by Crippen LogP contribution is 2.23. The van der Waals surface area contributed by atoms with Crippen molar-refractivity contribution in [2.45, 2.75) is 18.8 Å². The van der Waals surface area contributed by atoms with Crippen LogP contribution in [-0.2, 0) is 14.9 Å². The number of hydrogen-bond acceptors (Lipinski definition) is 4. The van der Waals surface area contributed by atoms with E-state index in [4.69, 9.17) is 15.2 Å². The van der Waals surface area contributed by atoms with E-state index in [-0.39, 0.29) is 5.41 Å². The van der Waals surface area contributed by atoms with Gasteiger partial charge in [0.15, 0.2) is 0 Å². The summed E-state index contributed by atoms with van der Waals surface area (Å²) < 4.78 is 10.4. The Kier molecular flexibility index (Phi) is 8.54. The van der Waals surface area contributed by atoms with Gasteiger partial charge in [0.2, 0.25) is 0 Å². The molecule has 21 heavy (non-hydrogen) atoms. The van der Waals surface area contributed by atoms with Crippen molar-refractivity contribution in [1.82, 2.24) is 4.90 Å². The monoisotopic (exact) mass is 294 g/mol. The van der Waals surface area contributed by atoms with Gasteiger partial charge in [-0.3, -0.25) is 0 Å². The van der Waals surface area contributed by atoms with Gasteiger partial charge in [0.05, 0.1) is 6.61 Å². The Morgan fingerprint density at radius 3 is 2.29 bits per heavy atom. The molecule has 0 saturated heterocycles. The second-order valence-corrected chi connectivity index (χ2v) is 5.75. The van der Waals surface area contributed by atoms with Gasteiger partial charge < -0.3 is 20.1 Å². The van der Waals surface area contributed by atoms with Crippen molar-refractivity contribution in [1.29, 1.82) is 0 Å². The van der Waals surface area contributed by atoms with Gasteiger partial charge in [-0.2, -0.15) is 0 Å². The highest BCUT2D eigenvalue weighted by molar-refractivity contribution is 5.25. The number of ether oxygens (including phenoxy) is 2. The van der Waals surface area contributed by atoms with Crippen molar-refractivity contribution >= 4 is 0 Å². The van der Waals surface area contributed by atoms with E-state index in [1.165, 1.54) is 5.56 Å². The van der Waals surface area contributed by atoms with Crippen LogP contribution in [0.25, 0.3) is 0 Å². The van der Waals surface area contributed by atoms with E-state index in [0.717, 1.165) is 39.3 Å². The molecule has 120 valence electrons. The summed E-state index contributed by atoms with van der Waals surface area (Å²) in [5.74, 6) is 0. The molecule has 0 amide bonds. The van der Waals surface area contributed by atoms with Crippen LogP contribution in [0.4, 0.5) is 0 Å². The molecule has 0 aliphatic heterocycles. The third-order valence-corrected chi connectivity index (χ3v) is 3.93. The third-order valence-electron chi connectivity index (χ3n) is 3.93. The Hall–Kier alpha value is -0.940. The molecular weight excluding hydrogens is 264 g/mol. The van der Waals surface area contributed by atoms with E-state index in [2.05, 4.69) is 36.1 Å². The number of rotatable bonds is 11. The molecule has 4 heteroatoms. The van der Waals surface area contributed by atoms with Gasteiger partial charge in [0.1, 0.15) is 0 Å². The molecule has 0 bridgehead atoms. The number of methoxy groups -OCH3 is 2. The third kappa shape index (κ3) is 6.14. The zero-order chi connectivity index (χ0) is 15.6. The Morgan fingerprint density at radius 2 is 1.71 bits per heavy atom. The number of nitrogens with two attached hydrogens (primary N) is 1. The van der Waals surface area contributed by atoms with Crippen LogP contribution in [-0.4, -0.2) is 58.5 Å². The van der Waals surface area contributed by atoms with E-state index in [1.54, 1.807) is 14.2 Å². The minimum absolute atomic E-state index is 0.0396. The fourth-order valence-electron chi connectivity index (χ4n) is 2.53. The topological polar surface area (TPSA) is 47.7 Å². The van der Waals surface area contributed by atoms with Gasteiger partial charge in [-0.25, -0.2) is 0 Å². The molecule has 1 rings (SSSR count). The van der Waals surface area contributed by atoms with Crippen molar-refractivity contribution in [2.75, 3.05) is 53.6 Å². The van der Waals surface area contributed by atoms with E-state index in [0.29, 0.717) is 6.54 Å². The van der Waals surface area contributed by atoms with Crippen LogP contribution < -0.4 is 5.73 Å². The summed E-state index contributed by atoms with van der Waals surface area (Å²) >= 11 is 0. The second-order valence-electron chi connectivity index (χ2n) is 5.75. The lowest BCUT2D eigenvalue weighted by molar-refractivity contribution is 0.119. The van der Waals surface area contributed by atoms with Crippen LogP contribution in [0, 0.1) is 0 Å². The molecule has 4 nitrogen and oxygen atoms in total. The van der Waals surface area contributed by atoms with Gasteiger partial charge in [0.25, 0.3) is 0 Å². The lowest BCUT2D eigenvalue weighted by Crippen LogP contribution is -2.45. The van der Waals surface area contributed by atoms with Gasteiger partial charge >= 0.3 is 0 Å². The zero-order valence-electron chi connectivity index (χ0n) is 13.7. The SMILES string of the molecule is COCCCN(CCOC)CC(C)(CN)c1ccccc1. The highest BCUT2D eigenvalue weighted by atomic mass is 16.5. The summed E-state index contributed by atoms with van der Waals surface area (Å²) in [6, 6.07) is 10.5. The second kappa shape index (κ2) is 9.90. The highest BCUT2D eigenvalue weighted by Gasteiger charge is 2.27. The average molecular weight is 294 g/mol. The standard InChI is InChI=1S/C17H30N2O2/c1-17(14-18,16-8-5-4-6-9-16)15-19(11-13-21-3)10-7-12-20-2/h4-6,8-9H,7,10-15,18H2,1-3H3. The van der Waals surface area contributed by atoms with Gasteiger partial charge in [-0.05, 0) is 12.0 Å². The van der Waals surface area contributed by atoms with Crippen molar-refractivity contribution < 1.29 is 9.47 Å². The number of hydrogen-bond donors (Lipinski definition) is 1. The molecule has 0 aliphatic rings. The fraction of sp³-hybridized carbons (Fsp3) is 0.647. The molecule has 0 saturated carbocycles. The Morgan fingerprint density at radius 1 is 1.05 bits per heavy atom. The lowest BCUT2D eigenvalue weighted by Gasteiger charge is -2.35. The zero-order valence-corrected chi connectivity index (χ0v) is 13.7. The molecule has 0 aromatic heterocycles. The summed E-state index contributed by atoms with van der Waals surface area (Å²) in [6.45, 7) is 7.24. The maximum absolute atomic E-state index is 6.09. The maximum atomic E-state index is 6.09. The van der Waals surface area contributed by atoms with Gasteiger partial charge in [-0.15, -0.1) is 0 Å². The van der Waals surface area contributed by atoms with Crippen LogP contribution in [0.3, 0.4) is 0 Å². The van der Waals surface area contributed by atoms with Crippen LogP contribution >= 0.6 is 0 Å². The minimum atomic E-state index is -0.0396. The molecule has 1 unspecified atom stereocenters. The predicted molar refractivity (Wildman–Crippen MR) is 87.7 cm³/mol. The summed E-state index contributed by atoms with van der Waals surface area (Å²) in [5, 5.41) is 0. The van der Waals surface area contributed by atoms with E-state index in [9.17, 15) is 0 Å². The smallest absolute Gasteiger partial charge is 0.0589 e. The fourth-order valence-corrected chi connectivity index (χ4v) is 2.53. The van der Waals surface area contributed by atoms with Gasteiger partial charge in [0, 0.05) is 52.4 Å². The van der Waals surface area contributed by atoms with Crippen molar-refractivity contribution in [3.05, 3.63) is 35.9 Å². The Bertz CT molecular complexity index is 372. The van der Waals surface area contributed by atoms with Gasteiger partial charge in [-0.1, -0.05) is 37.3 Å². The van der Waals surface area contributed by atoms with Crippen LogP contribution in [0.15, 0.2) is 30.3 Å². The first-order valence-corrected chi connectivity index (χ1v) is 7.62. The molecule has 2 N–H and O–H groups in total. The molecule has 0 fully saturated rings. The predicted octanol–water partition coefficient (Wildman–Crippen LogP) is 1.89. The van der Waals surface area contributed by atoms with E-state index < -0.39 is 0 Å². The summed E-state index contributed by atoms with van der Waals surface area (Å²) in [5.41, 5.74) is 7.34. The Balaban J connectivity index is 2.72. The molecule has 0 spiro atoms. The maximum Gasteiger partial charge on any atom is 0.0589 e. The number of nitrogens with zero attached hydrogens (tertiary/aromatic N) is 1. The van der Waals surface area contributed by atoms with E-state index >= 15 is 0 Å². The largest absolute Gasteiger partial charge is 0.385 e. The lowest BCUT2D eigenvalue weighted by atomic mass is 9.82. The first-order chi connectivity index (χ1) is 10.2. The molecule has 0 heterocycles. The molecule has 0 radical (unpaired) electrons. The molecular formula is C17H30N2O2. The summed E-state index contributed by atoms with van der Waals surface area (Å²) in [7, 11) is 3.49. The molecule has 1 aromatic rings. The van der Waals surface area contributed by atoms with Crippen molar-refractivity contribution in [3.8, 4) is 0 Å². The molecule has 0 aliphatic carbocycles. The summed E-state index contributed by atoms with van der Waals surface area (Å²) in [4.78, 5) is 2.42. The first kappa shape index (κ1) is 18.1. The quantitative estimate of drug-likeness (QED) is 0.633. The Labute approximate surface area is 129 Å². The van der Waals surface area contributed by atoms with Crippen LogP contribution in [0.5, 0.6) is 0 Å². The van der Waals surface area contributed by atoms with Crippen molar-refractivity contribution in [3.63, 3.8) is 0 Å². The van der Waals surface area contributed by atoms with Crippen LogP contribution in [0.1, 0.15) is 18.9 Å². The van der Waals surface area contributed by atoms with Crippen molar-refractivity contribution in [2.24, 2.45) is 5.73 Å². The van der Waals surface area contributed by atoms with E-state index in [1.807, 2.05) is 6.07 Å². The molecule has 1 aromatic carbocycles. The normalized spacial score (nSPS) is 14.3.